The lowest BCUT2D eigenvalue weighted by Gasteiger charge is -2.14. The highest BCUT2D eigenvalue weighted by Crippen LogP contribution is 2.30. The molecule has 0 spiro atoms. The number of benzene rings is 1. The first-order valence-corrected chi connectivity index (χ1v) is 5.78. The first kappa shape index (κ1) is 13.4. The van der Waals surface area contributed by atoms with Gasteiger partial charge in [-0.15, -0.1) is 0 Å². The number of pyridine rings is 1. The van der Waals surface area contributed by atoms with Crippen LogP contribution in [0.3, 0.4) is 0 Å². The van der Waals surface area contributed by atoms with Crippen molar-refractivity contribution in [2.24, 2.45) is 0 Å². The van der Waals surface area contributed by atoms with Crippen LogP contribution in [0.2, 0.25) is 0 Å². The van der Waals surface area contributed by atoms with Crippen LogP contribution in [0.4, 0.5) is 18.9 Å². The molecule has 1 aromatic heterocycles. The van der Waals surface area contributed by atoms with Gasteiger partial charge in [0.25, 0.3) is 0 Å². The lowest BCUT2D eigenvalue weighted by atomic mass is 10.0. The molecule has 1 aromatic carbocycles. The molecule has 0 atom stereocenters. The Labute approximate surface area is 109 Å². The molecular weight excluding hydrogens is 253 g/mol. The zero-order chi connectivity index (χ0) is 13.9. The van der Waals surface area contributed by atoms with Gasteiger partial charge >= 0.3 is 6.18 Å². The van der Waals surface area contributed by atoms with Gasteiger partial charge in [0.05, 0.1) is 11.9 Å². The topological polar surface area (TPSA) is 24.9 Å². The van der Waals surface area contributed by atoms with Gasteiger partial charge in [-0.25, -0.2) is 0 Å². The van der Waals surface area contributed by atoms with Gasteiger partial charge in [-0.2, -0.15) is 13.2 Å². The molecule has 100 valence electrons. The Balaban J connectivity index is 2.34. The third-order valence-electron chi connectivity index (χ3n) is 2.74. The van der Waals surface area contributed by atoms with E-state index in [0.717, 1.165) is 16.7 Å². The molecule has 0 unspecified atom stereocenters. The van der Waals surface area contributed by atoms with Crippen molar-refractivity contribution < 1.29 is 13.2 Å². The van der Waals surface area contributed by atoms with E-state index in [0.29, 0.717) is 5.69 Å². The molecule has 0 amide bonds. The van der Waals surface area contributed by atoms with Crippen LogP contribution in [0.1, 0.15) is 5.56 Å². The summed E-state index contributed by atoms with van der Waals surface area (Å²) in [7, 11) is 0. The minimum absolute atomic E-state index is 0.383. The van der Waals surface area contributed by atoms with Crippen LogP contribution < -0.4 is 5.32 Å². The Morgan fingerprint density at radius 2 is 1.84 bits per heavy atom. The van der Waals surface area contributed by atoms with Crippen molar-refractivity contribution in [3.63, 3.8) is 0 Å². The molecule has 0 aliphatic carbocycles. The second-order valence-corrected chi connectivity index (χ2v) is 4.20. The summed E-state index contributed by atoms with van der Waals surface area (Å²) in [5.74, 6) is 0. The summed E-state index contributed by atoms with van der Waals surface area (Å²) < 4.78 is 36.8. The Bertz CT molecular complexity index is 565. The maximum absolute atomic E-state index is 12.3. The van der Waals surface area contributed by atoms with Gasteiger partial charge in [-0.1, -0.05) is 24.3 Å². The second-order valence-electron chi connectivity index (χ2n) is 4.20. The number of hydrogen-bond donors (Lipinski definition) is 1. The van der Waals surface area contributed by atoms with E-state index in [1.807, 2.05) is 31.2 Å². The highest BCUT2D eigenvalue weighted by atomic mass is 19.4. The van der Waals surface area contributed by atoms with Crippen molar-refractivity contribution in [2.45, 2.75) is 13.1 Å². The van der Waals surface area contributed by atoms with E-state index in [1.54, 1.807) is 12.3 Å². The SMILES string of the molecule is Cc1ccccc1-c1ccncc1NCC(F)(F)F. The van der Waals surface area contributed by atoms with Gasteiger partial charge in [0.1, 0.15) is 6.54 Å². The van der Waals surface area contributed by atoms with Crippen LogP contribution in [0.15, 0.2) is 42.7 Å². The van der Waals surface area contributed by atoms with E-state index in [-0.39, 0.29) is 0 Å². The largest absolute Gasteiger partial charge is 0.405 e. The van der Waals surface area contributed by atoms with Crippen molar-refractivity contribution in [1.29, 1.82) is 0 Å². The average Bonchev–Trinajstić information content (AvgIpc) is 2.37. The molecule has 1 heterocycles. The highest BCUT2D eigenvalue weighted by molar-refractivity contribution is 5.79. The van der Waals surface area contributed by atoms with E-state index in [1.165, 1.54) is 6.20 Å². The number of aromatic nitrogens is 1. The highest BCUT2D eigenvalue weighted by Gasteiger charge is 2.27. The molecule has 5 heteroatoms. The number of nitrogens with zero attached hydrogens (tertiary/aromatic N) is 1. The van der Waals surface area contributed by atoms with Crippen LogP contribution in [-0.2, 0) is 0 Å². The lowest BCUT2D eigenvalue weighted by molar-refractivity contribution is -0.115. The maximum Gasteiger partial charge on any atom is 0.405 e. The predicted octanol–water partition coefficient (Wildman–Crippen LogP) is 4.03. The molecule has 2 nitrogen and oxygen atoms in total. The normalized spacial score (nSPS) is 11.4. The number of hydrogen-bond acceptors (Lipinski definition) is 2. The standard InChI is InChI=1S/C14H13F3N2/c1-10-4-2-3-5-11(10)12-6-7-18-8-13(12)19-9-14(15,16)17/h2-8,19H,9H2,1H3. The Morgan fingerprint density at radius 1 is 1.11 bits per heavy atom. The number of anilines is 1. The monoisotopic (exact) mass is 266 g/mol. The molecule has 0 bridgehead atoms. The average molecular weight is 266 g/mol. The van der Waals surface area contributed by atoms with Crippen molar-refractivity contribution in [3.8, 4) is 11.1 Å². The van der Waals surface area contributed by atoms with E-state index in [9.17, 15) is 13.2 Å². The fraction of sp³-hybridized carbons (Fsp3) is 0.214. The molecule has 0 saturated heterocycles. The zero-order valence-electron chi connectivity index (χ0n) is 10.3. The molecule has 0 fully saturated rings. The second kappa shape index (κ2) is 5.30. The van der Waals surface area contributed by atoms with Gasteiger partial charge in [0.15, 0.2) is 0 Å². The number of aryl methyl sites for hydroxylation is 1. The lowest BCUT2D eigenvalue weighted by Crippen LogP contribution is -2.21. The summed E-state index contributed by atoms with van der Waals surface area (Å²) in [5.41, 5.74) is 3.00. The molecule has 0 aliphatic heterocycles. The van der Waals surface area contributed by atoms with Crippen molar-refractivity contribution in [1.82, 2.24) is 4.98 Å². The quantitative estimate of drug-likeness (QED) is 0.907. The number of halogens is 3. The summed E-state index contributed by atoms with van der Waals surface area (Å²) in [4.78, 5) is 3.87. The zero-order valence-corrected chi connectivity index (χ0v) is 10.3. The predicted molar refractivity (Wildman–Crippen MR) is 69.0 cm³/mol. The van der Waals surface area contributed by atoms with Crippen molar-refractivity contribution in [3.05, 3.63) is 48.3 Å². The first-order valence-electron chi connectivity index (χ1n) is 5.78. The van der Waals surface area contributed by atoms with E-state index < -0.39 is 12.7 Å². The Hall–Kier alpha value is -2.04. The minimum atomic E-state index is -4.25. The summed E-state index contributed by atoms with van der Waals surface area (Å²) in [6, 6.07) is 9.26. The first-order chi connectivity index (χ1) is 8.97. The number of alkyl halides is 3. The van der Waals surface area contributed by atoms with Gasteiger partial charge in [-0.05, 0) is 24.1 Å². The van der Waals surface area contributed by atoms with Crippen LogP contribution in [-0.4, -0.2) is 17.7 Å². The molecule has 2 aromatic rings. The van der Waals surface area contributed by atoms with E-state index in [4.69, 9.17) is 0 Å². The molecule has 2 rings (SSSR count). The molecule has 0 radical (unpaired) electrons. The van der Waals surface area contributed by atoms with Gasteiger partial charge in [-0.3, -0.25) is 4.98 Å². The van der Waals surface area contributed by atoms with Crippen molar-refractivity contribution >= 4 is 5.69 Å². The summed E-state index contributed by atoms with van der Waals surface area (Å²) in [5, 5.41) is 2.39. The Morgan fingerprint density at radius 3 is 2.53 bits per heavy atom. The maximum atomic E-state index is 12.3. The van der Waals surface area contributed by atoms with Crippen LogP contribution >= 0.6 is 0 Å². The molecule has 0 aliphatic rings. The van der Waals surface area contributed by atoms with E-state index in [2.05, 4.69) is 10.3 Å². The molecule has 1 N–H and O–H groups in total. The fourth-order valence-electron chi connectivity index (χ4n) is 1.84. The van der Waals surface area contributed by atoms with Crippen LogP contribution in [0.25, 0.3) is 11.1 Å². The van der Waals surface area contributed by atoms with Crippen LogP contribution in [0.5, 0.6) is 0 Å². The van der Waals surface area contributed by atoms with Gasteiger partial charge < -0.3 is 5.32 Å². The van der Waals surface area contributed by atoms with Crippen LogP contribution in [0, 0.1) is 6.92 Å². The van der Waals surface area contributed by atoms with E-state index >= 15 is 0 Å². The number of rotatable bonds is 3. The smallest absolute Gasteiger partial charge is 0.375 e. The third-order valence-corrected chi connectivity index (χ3v) is 2.74. The third kappa shape index (κ3) is 3.47. The summed E-state index contributed by atoms with van der Waals surface area (Å²) >= 11 is 0. The van der Waals surface area contributed by atoms with Gasteiger partial charge in [0.2, 0.25) is 0 Å². The van der Waals surface area contributed by atoms with Crippen molar-refractivity contribution in [2.75, 3.05) is 11.9 Å². The fourth-order valence-corrected chi connectivity index (χ4v) is 1.84. The Kier molecular flexibility index (Phi) is 3.74. The molecule has 0 saturated carbocycles. The minimum Gasteiger partial charge on any atom is -0.375 e. The summed E-state index contributed by atoms with van der Waals surface area (Å²) in [6.45, 7) is 0.848. The molecule has 19 heavy (non-hydrogen) atoms. The summed E-state index contributed by atoms with van der Waals surface area (Å²) in [6.07, 6.45) is -1.27. The number of nitrogens with one attached hydrogen (secondary N) is 1. The van der Waals surface area contributed by atoms with Gasteiger partial charge in [0, 0.05) is 11.8 Å². The molecular formula is C14H13F3N2.